The zero-order valence-corrected chi connectivity index (χ0v) is 20.6. The number of rotatable bonds is 7. The summed E-state index contributed by atoms with van der Waals surface area (Å²) in [6.07, 6.45) is 1.09. The molecule has 0 bridgehead atoms. The number of hydrogen-bond donors (Lipinski definition) is 0. The van der Waals surface area contributed by atoms with Gasteiger partial charge in [0.2, 0.25) is 11.8 Å². The Balaban J connectivity index is 1.45. The number of para-hydroxylation sites is 1. The van der Waals surface area contributed by atoms with Crippen molar-refractivity contribution in [2.45, 2.75) is 26.7 Å². The quantitative estimate of drug-likeness (QED) is 0.323. The summed E-state index contributed by atoms with van der Waals surface area (Å²) in [6.45, 7) is 4.95. The molecule has 0 radical (unpaired) electrons. The lowest BCUT2D eigenvalue weighted by Crippen LogP contribution is -2.34. The van der Waals surface area contributed by atoms with E-state index in [1.807, 2.05) is 79.7 Å². The lowest BCUT2D eigenvalue weighted by Gasteiger charge is -2.24. The molecule has 0 N–H and O–H groups in total. The van der Waals surface area contributed by atoms with Crippen molar-refractivity contribution < 1.29 is 14.3 Å². The van der Waals surface area contributed by atoms with Gasteiger partial charge in [-0.1, -0.05) is 42.5 Å². The number of aryl methyl sites for hydroxylation is 1. The first-order valence-electron chi connectivity index (χ1n) is 11.9. The first-order valence-corrected chi connectivity index (χ1v) is 12.7. The Morgan fingerprint density at radius 1 is 1.06 bits per heavy atom. The molecule has 6 nitrogen and oxygen atoms in total. The molecule has 0 aliphatic carbocycles. The molecule has 0 spiro atoms. The van der Waals surface area contributed by atoms with Crippen molar-refractivity contribution in [1.29, 1.82) is 0 Å². The van der Waals surface area contributed by atoms with E-state index in [9.17, 15) is 9.59 Å². The van der Waals surface area contributed by atoms with Crippen molar-refractivity contribution in [2.75, 3.05) is 23.0 Å². The van der Waals surface area contributed by atoms with E-state index in [4.69, 9.17) is 9.72 Å². The third-order valence-corrected chi connectivity index (χ3v) is 7.25. The van der Waals surface area contributed by atoms with E-state index in [0.29, 0.717) is 18.3 Å². The molecule has 1 aromatic heterocycles. The lowest BCUT2D eigenvalue weighted by molar-refractivity contribution is -0.123. The monoisotopic (exact) mass is 485 g/mol. The number of benzene rings is 3. The average Bonchev–Trinajstić information content (AvgIpc) is 3.49. The van der Waals surface area contributed by atoms with Crippen LogP contribution in [0, 0.1) is 5.92 Å². The summed E-state index contributed by atoms with van der Waals surface area (Å²) in [6, 6.07) is 23.3. The molecular weight excluding hydrogens is 458 g/mol. The smallest absolute Gasteiger partial charge is 0.238 e. The van der Waals surface area contributed by atoms with Crippen LogP contribution >= 0.6 is 11.3 Å². The number of carbonyl (C=O) groups is 2. The predicted octanol–water partition coefficient (Wildman–Crippen LogP) is 5.98. The molecule has 4 aromatic rings. The van der Waals surface area contributed by atoms with Crippen molar-refractivity contribution in [2.24, 2.45) is 5.92 Å². The largest absolute Gasteiger partial charge is 0.494 e. The van der Waals surface area contributed by atoms with Crippen molar-refractivity contribution in [3.63, 3.8) is 0 Å². The van der Waals surface area contributed by atoms with Gasteiger partial charge in [-0.25, -0.2) is 4.98 Å². The van der Waals surface area contributed by atoms with Crippen molar-refractivity contribution in [1.82, 2.24) is 4.98 Å². The molecule has 1 unspecified atom stereocenters. The van der Waals surface area contributed by atoms with Crippen molar-refractivity contribution in [3.8, 4) is 5.75 Å². The first kappa shape index (κ1) is 23.1. The molecule has 1 aliphatic rings. The highest BCUT2D eigenvalue weighted by molar-refractivity contribution is 7.22. The normalized spacial score (nSPS) is 15.5. The van der Waals surface area contributed by atoms with Crippen molar-refractivity contribution >= 4 is 49.9 Å². The number of ether oxygens (including phenoxy) is 1. The van der Waals surface area contributed by atoms with Crippen LogP contribution in [0.1, 0.15) is 25.8 Å². The fourth-order valence-electron chi connectivity index (χ4n) is 4.36. The zero-order chi connectivity index (χ0) is 24.4. The molecule has 2 heterocycles. The van der Waals surface area contributed by atoms with E-state index in [-0.39, 0.29) is 18.2 Å². The van der Waals surface area contributed by atoms with E-state index < -0.39 is 5.92 Å². The summed E-state index contributed by atoms with van der Waals surface area (Å²) >= 11 is 1.48. The minimum Gasteiger partial charge on any atom is -0.494 e. The van der Waals surface area contributed by atoms with Gasteiger partial charge in [0, 0.05) is 18.7 Å². The van der Waals surface area contributed by atoms with Crippen LogP contribution < -0.4 is 14.5 Å². The summed E-state index contributed by atoms with van der Waals surface area (Å²) in [5.41, 5.74) is 3.59. The summed E-state index contributed by atoms with van der Waals surface area (Å²) in [5.74, 6) is 0.119. The third-order valence-electron chi connectivity index (χ3n) is 6.23. The fourth-order valence-corrected chi connectivity index (χ4v) is 5.35. The minimum atomic E-state index is -0.466. The van der Waals surface area contributed by atoms with Crippen LogP contribution in [0.3, 0.4) is 0 Å². The molecule has 3 aromatic carbocycles. The number of thiazole rings is 1. The van der Waals surface area contributed by atoms with Crippen LogP contribution in [0.4, 0.5) is 16.5 Å². The molecular formula is C28H27N3O3S. The van der Waals surface area contributed by atoms with Gasteiger partial charge in [-0.05, 0) is 67.4 Å². The van der Waals surface area contributed by atoms with E-state index in [1.165, 1.54) is 16.9 Å². The Labute approximate surface area is 208 Å². The zero-order valence-electron chi connectivity index (χ0n) is 19.8. The molecule has 0 saturated carbocycles. The van der Waals surface area contributed by atoms with Crippen molar-refractivity contribution in [3.05, 3.63) is 78.4 Å². The van der Waals surface area contributed by atoms with Crippen LogP contribution in [-0.2, 0) is 16.0 Å². The van der Waals surface area contributed by atoms with Gasteiger partial charge in [-0.15, -0.1) is 0 Å². The summed E-state index contributed by atoms with van der Waals surface area (Å²) in [4.78, 5) is 35.0. The summed E-state index contributed by atoms with van der Waals surface area (Å²) in [5, 5.41) is 0.618. The average molecular weight is 486 g/mol. The number of anilines is 3. The summed E-state index contributed by atoms with van der Waals surface area (Å²) in [7, 11) is 0. The standard InChI is InChI=1S/C28H27N3O3S/c1-3-19-9-11-22(12-10-19)31(28-29-24-7-5-6-8-25(24)35-28)27(33)20-17-26(32)30(18-20)21-13-15-23(16-14-21)34-4-2/h5-16,20H,3-4,17-18H2,1-2H3. The van der Waals surface area contributed by atoms with Crippen LogP contribution in [0.25, 0.3) is 10.2 Å². The van der Waals surface area contributed by atoms with Gasteiger partial charge in [0.25, 0.3) is 0 Å². The third kappa shape index (κ3) is 4.64. The molecule has 35 heavy (non-hydrogen) atoms. The van der Waals surface area contributed by atoms with Crippen LogP contribution in [0.2, 0.25) is 0 Å². The molecule has 1 aliphatic heterocycles. The highest BCUT2D eigenvalue weighted by Crippen LogP contribution is 2.37. The Morgan fingerprint density at radius 2 is 1.80 bits per heavy atom. The SMILES string of the molecule is CCOc1ccc(N2CC(C(=O)N(c3ccc(CC)cc3)c3nc4ccccc4s3)CC2=O)cc1. The van der Waals surface area contributed by atoms with Crippen LogP contribution in [0.15, 0.2) is 72.8 Å². The highest BCUT2D eigenvalue weighted by atomic mass is 32.1. The second kappa shape index (κ2) is 9.88. The van der Waals surface area contributed by atoms with Gasteiger partial charge in [0.15, 0.2) is 5.13 Å². The Kier molecular flexibility index (Phi) is 6.51. The molecule has 1 saturated heterocycles. The molecule has 5 rings (SSSR count). The van der Waals surface area contributed by atoms with Gasteiger partial charge in [-0.3, -0.25) is 14.5 Å². The number of carbonyl (C=O) groups excluding carboxylic acids is 2. The first-order chi connectivity index (χ1) is 17.1. The summed E-state index contributed by atoms with van der Waals surface area (Å²) < 4.78 is 6.53. The maximum atomic E-state index is 13.9. The number of aromatic nitrogens is 1. The maximum Gasteiger partial charge on any atom is 0.238 e. The predicted molar refractivity (Wildman–Crippen MR) is 141 cm³/mol. The second-order valence-electron chi connectivity index (χ2n) is 8.49. The van der Waals surface area contributed by atoms with E-state index in [0.717, 1.165) is 33.8 Å². The minimum absolute atomic E-state index is 0.0573. The van der Waals surface area contributed by atoms with E-state index in [1.54, 1.807) is 9.80 Å². The van der Waals surface area contributed by atoms with E-state index >= 15 is 0 Å². The van der Waals surface area contributed by atoms with Gasteiger partial charge >= 0.3 is 0 Å². The topological polar surface area (TPSA) is 62.7 Å². The van der Waals surface area contributed by atoms with Crippen LogP contribution in [0.5, 0.6) is 5.75 Å². The highest BCUT2D eigenvalue weighted by Gasteiger charge is 2.39. The van der Waals surface area contributed by atoms with E-state index in [2.05, 4.69) is 6.92 Å². The van der Waals surface area contributed by atoms with Gasteiger partial charge in [0.05, 0.1) is 28.4 Å². The van der Waals surface area contributed by atoms with Gasteiger partial charge < -0.3 is 9.64 Å². The second-order valence-corrected chi connectivity index (χ2v) is 9.50. The Morgan fingerprint density at radius 3 is 2.49 bits per heavy atom. The van der Waals surface area contributed by atoms with Gasteiger partial charge in [0.1, 0.15) is 5.75 Å². The number of hydrogen-bond acceptors (Lipinski definition) is 5. The lowest BCUT2D eigenvalue weighted by atomic mass is 10.1. The van der Waals surface area contributed by atoms with Gasteiger partial charge in [-0.2, -0.15) is 0 Å². The number of fused-ring (bicyclic) bond motifs is 1. The number of amides is 2. The molecule has 2 amide bonds. The molecule has 1 fully saturated rings. The fraction of sp³-hybridized carbons (Fsp3) is 0.250. The Bertz CT molecular complexity index is 1320. The van der Waals surface area contributed by atoms with Crippen LogP contribution in [-0.4, -0.2) is 29.9 Å². The Hall–Kier alpha value is -3.71. The molecule has 178 valence electrons. The maximum absolute atomic E-state index is 13.9. The molecule has 7 heteroatoms. The number of nitrogens with zero attached hydrogens (tertiary/aromatic N) is 3. The molecule has 1 atom stereocenters.